The second-order valence-electron chi connectivity index (χ2n) is 7.24. The quantitative estimate of drug-likeness (QED) is 0.732. The maximum absolute atomic E-state index is 12.4. The third-order valence-electron chi connectivity index (χ3n) is 4.97. The Hall–Kier alpha value is -2.48. The van der Waals surface area contributed by atoms with Gasteiger partial charge in [0.05, 0.1) is 4.90 Å². The van der Waals surface area contributed by atoms with E-state index in [1.807, 2.05) is 0 Å². The van der Waals surface area contributed by atoms with Crippen molar-refractivity contribution in [2.75, 3.05) is 10.0 Å². The minimum Gasteiger partial charge on any atom is -0.326 e. The predicted molar refractivity (Wildman–Crippen MR) is 108 cm³/mol. The lowest BCUT2D eigenvalue weighted by molar-refractivity contribution is -0.116. The smallest absolute Gasteiger partial charge is 0.264 e. The zero-order valence-electron chi connectivity index (χ0n) is 16.0. The number of amides is 1. The molecule has 1 aromatic carbocycles. The molecule has 1 heterocycles. The average molecular weight is 403 g/mol. The first-order valence-corrected chi connectivity index (χ1v) is 11.1. The van der Waals surface area contributed by atoms with Crippen molar-refractivity contribution in [2.45, 2.75) is 56.8 Å². The Balaban J connectivity index is 1.55. The molecular weight excluding hydrogens is 376 g/mol. The maximum atomic E-state index is 12.4. The normalized spacial score (nSPS) is 15.2. The topological polar surface area (TPSA) is 101 Å². The molecule has 0 bridgehead atoms. The zero-order chi connectivity index (χ0) is 20.0. The number of rotatable bonds is 7. The Kier molecular flexibility index (Phi) is 6.61. The first-order valence-electron chi connectivity index (χ1n) is 9.65. The minimum atomic E-state index is -3.79. The van der Waals surface area contributed by atoms with Crippen molar-refractivity contribution in [1.82, 2.24) is 9.97 Å². The van der Waals surface area contributed by atoms with Crippen LogP contribution in [-0.2, 0) is 14.8 Å². The Bertz CT molecular complexity index is 907. The summed E-state index contributed by atoms with van der Waals surface area (Å²) in [5.41, 5.74) is 1.25. The summed E-state index contributed by atoms with van der Waals surface area (Å²) in [6.45, 7) is 1.76. The van der Waals surface area contributed by atoms with Gasteiger partial charge >= 0.3 is 0 Å². The molecule has 1 amide bonds. The van der Waals surface area contributed by atoms with E-state index < -0.39 is 10.0 Å². The van der Waals surface area contributed by atoms with Gasteiger partial charge in [0.15, 0.2) is 0 Å². The lowest BCUT2D eigenvalue weighted by Crippen LogP contribution is -2.16. The summed E-state index contributed by atoms with van der Waals surface area (Å²) in [7, 11) is -3.79. The molecule has 0 radical (unpaired) electrons. The predicted octanol–water partition coefficient (Wildman–Crippen LogP) is 3.88. The molecule has 8 heteroatoms. The van der Waals surface area contributed by atoms with Crippen LogP contribution in [0.15, 0.2) is 41.4 Å². The molecule has 3 rings (SSSR count). The molecule has 1 fully saturated rings. The van der Waals surface area contributed by atoms with E-state index >= 15 is 0 Å². The number of carbonyl (C=O) groups excluding carboxylic acids is 1. The lowest BCUT2D eigenvalue weighted by atomic mass is 9.86. The Morgan fingerprint density at radius 2 is 1.82 bits per heavy atom. The molecule has 1 aliphatic rings. The molecule has 0 unspecified atom stereocenters. The van der Waals surface area contributed by atoms with Gasteiger partial charge in [0, 0.05) is 24.0 Å². The molecule has 150 valence electrons. The lowest BCUT2D eigenvalue weighted by Gasteiger charge is -2.21. The maximum Gasteiger partial charge on any atom is 0.264 e. The summed E-state index contributed by atoms with van der Waals surface area (Å²) in [5.74, 6) is 0.648. The second kappa shape index (κ2) is 9.14. The van der Waals surface area contributed by atoms with Crippen LogP contribution in [0.1, 0.15) is 50.6 Å². The van der Waals surface area contributed by atoms with Crippen LogP contribution in [0.5, 0.6) is 0 Å². The summed E-state index contributed by atoms with van der Waals surface area (Å²) >= 11 is 0. The third-order valence-corrected chi connectivity index (χ3v) is 6.32. The highest BCUT2D eigenvalue weighted by Crippen LogP contribution is 2.27. The van der Waals surface area contributed by atoms with E-state index in [2.05, 4.69) is 20.0 Å². The molecule has 2 aromatic rings. The fraction of sp³-hybridized carbons (Fsp3) is 0.450. The number of sulfonamides is 1. The molecule has 7 nitrogen and oxygen atoms in total. The van der Waals surface area contributed by atoms with Gasteiger partial charge in [0.25, 0.3) is 10.0 Å². The van der Waals surface area contributed by atoms with Gasteiger partial charge in [-0.2, -0.15) is 0 Å². The van der Waals surface area contributed by atoms with Crippen molar-refractivity contribution in [3.63, 3.8) is 0 Å². The summed E-state index contributed by atoms with van der Waals surface area (Å²) in [6, 6.07) is 7.77. The first-order chi connectivity index (χ1) is 13.4. The molecule has 1 aromatic heterocycles. The largest absolute Gasteiger partial charge is 0.326 e. The first kappa shape index (κ1) is 20.3. The van der Waals surface area contributed by atoms with Crippen molar-refractivity contribution in [3.05, 3.63) is 42.2 Å². The van der Waals surface area contributed by atoms with E-state index in [1.54, 1.807) is 25.1 Å². The molecular formula is C20H26N4O3S. The summed E-state index contributed by atoms with van der Waals surface area (Å²) in [6.07, 6.45) is 9.19. The van der Waals surface area contributed by atoms with Crippen LogP contribution in [0.3, 0.4) is 0 Å². The van der Waals surface area contributed by atoms with Gasteiger partial charge < -0.3 is 5.32 Å². The fourth-order valence-corrected chi connectivity index (χ4v) is 4.38. The number of aryl methyl sites for hydroxylation is 1. The van der Waals surface area contributed by atoms with E-state index in [0.717, 1.165) is 6.42 Å². The molecule has 0 saturated heterocycles. The van der Waals surface area contributed by atoms with Crippen molar-refractivity contribution in [2.24, 2.45) is 5.92 Å². The number of aromatic nitrogens is 2. The highest BCUT2D eigenvalue weighted by Gasteiger charge is 2.17. The monoisotopic (exact) mass is 402 g/mol. The van der Waals surface area contributed by atoms with Crippen LogP contribution in [0.2, 0.25) is 0 Å². The Labute approximate surface area is 166 Å². The standard InChI is InChI=1S/C20H26N4O3S/c1-15-13-14-21-20(22-15)24-28(26,27)18-10-8-17(9-11-18)23-19(25)12-7-16-5-3-2-4-6-16/h8-11,13-14,16H,2-7,12H2,1H3,(H,23,25)(H,21,22,24). The van der Waals surface area contributed by atoms with E-state index in [9.17, 15) is 13.2 Å². The number of hydrogen-bond acceptors (Lipinski definition) is 5. The molecule has 0 aliphatic heterocycles. The molecule has 1 aliphatic carbocycles. The van der Waals surface area contributed by atoms with Crippen LogP contribution >= 0.6 is 0 Å². The van der Waals surface area contributed by atoms with Crippen LogP contribution < -0.4 is 10.0 Å². The number of carbonyl (C=O) groups is 1. The third kappa shape index (κ3) is 5.76. The number of benzene rings is 1. The summed E-state index contributed by atoms with van der Waals surface area (Å²) in [5, 5.41) is 2.84. The molecule has 2 N–H and O–H groups in total. The van der Waals surface area contributed by atoms with Gasteiger partial charge in [-0.05, 0) is 49.6 Å². The van der Waals surface area contributed by atoms with Gasteiger partial charge in [0.2, 0.25) is 11.9 Å². The summed E-state index contributed by atoms with van der Waals surface area (Å²) < 4.78 is 27.2. The van der Waals surface area contributed by atoms with Crippen molar-refractivity contribution < 1.29 is 13.2 Å². The highest BCUT2D eigenvalue weighted by molar-refractivity contribution is 7.92. The number of nitrogens with one attached hydrogen (secondary N) is 2. The Morgan fingerprint density at radius 1 is 1.11 bits per heavy atom. The zero-order valence-corrected chi connectivity index (χ0v) is 16.8. The second-order valence-corrected chi connectivity index (χ2v) is 8.92. The van der Waals surface area contributed by atoms with Gasteiger partial charge in [-0.1, -0.05) is 32.1 Å². The molecule has 0 spiro atoms. The van der Waals surface area contributed by atoms with E-state index in [1.165, 1.54) is 50.4 Å². The van der Waals surface area contributed by atoms with Gasteiger partial charge in [-0.15, -0.1) is 0 Å². The highest BCUT2D eigenvalue weighted by atomic mass is 32.2. The molecule has 0 atom stereocenters. The van der Waals surface area contributed by atoms with Crippen LogP contribution in [0.4, 0.5) is 11.6 Å². The van der Waals surface area contributed by atoms with E-state index in [0.29, 0.717) is 23.7 Å². The van der Waals surface area contributed by atoms with E-state index in [4.69, 9.17) is 0 Å². The Morgan fingerprint density at radius 3 is 2.50 bits per heavy atom. The number of anilines is 2. The van der Waals surface area contributed by atoms with E-state index in [-0.39, 0.29) is 16.8 Å². The molecule has 28 heavy (non-hydrogen) atoms. The van der Waals surface area contributed by atoms with Crippen molar-refractivity contribution >= 4 is 27.6 Å². The SMILES string of the molecule is Cc1ccnc(NS(=O)(=O)c2ccc(NC(=O)CCC3CCCCC3)cc2)n1. The van der Waals surface area contributed by atoms with Crippen LogP contribution in [-0.4, -0.2) is 24.3 Å². The van der Waals surface area contributed by atoms with Crippen molar-refractivity contribution in [1.29, 1.82) is 0 Å². The van der Waals surface area contributed by atoms with Gasteiger partial charge in [-0.3, -0.25) is 4.79 Å². The average Bonchev–Trinajstić information content (AvgIpc) is 2.67. The van der Waals surface area contributed by atoms with Crippen molar-refractivity contribution in [3.8, 4) is 0 Å². The molecule has 1 saturated carbocycles. The summed E-state index contributed by atoms with van der Waals surface area (Å²) in [4.78, 5) is 20.2. The van der Waals surface area contributed by atoms with Crippen LogP contribution in [0.25, 0.3) is 0 Å². The minimum absolute atomic E-state index is 0.0279. The van der Waals surface area contributed by atoms with Crippen LogP contribution in [0, 0.1) is 12.8 Å². The van der Waals surface area contributed by atoms with Gasteiger partial charge in [0.1, 0.15) is 0 Å². The number of hydrogen-bond donors (Lipinski definition) is 2. The number of nitrogens with zero attached hydrogens (tertiary/aromatic N) is 2. The van der Waals surface area contributed by atoms with Gasteiger partial charge in [-0.25, -0.2) is 23.1 Å². The fourth-order valence-electron chi connectivity index (χ4n) is 3.43.